The van der Waals surface area contributed by atoms with Crippen LogP contribution in [0, 0.1) is 0 Å². The molecule has 0 aromatic rings. The van der Waals surface area contributed by atoms with Crippen LogP contribution >= 0.6 is 15.9 Å². The Hall–Kier alpha value is 0.440. The molecule has 0 aromatic carbocycles. The molecule has 0 aliphatic heterocycles. The molecule has 176 valence electrons. The summed E-state index contributed by atoms with van der Waals surface area (Å²) in [5, 5.41) is 1.15. The van der Waals surface area contributed by atoms with Crippen molar-refractivity contribution in [2.75, 3.05) is 19.4 Å². The van der Waals surface area contributed by atoms with Gasteiger partial charge in [0.1, 0.15) is 0 Å². The van der Waals surface area contributed by atoms with Gasteiger partial charge in [-0.2, -0.15) is 0 Å². The van der Waals surface area contributed by atoms with Crippen molar-refractivity contribution in [2.24, 2.45) is 0 Å². The number of hydrogen-bond donors (Lipinski definition) is 0. The second-order valence-corrected chi connectivity index (χ2v) is 10.4. The second kappa shape index (κ2) is 24.7. The van der Waals surface area contributed by atoms with Crippen LogP contribution in [0.4, 0.5) is 0 Å². The number of alkyl halides is 1. The van der Waals surface area contributed by atoms with Crippen molar-refractivity contribution in [1.82, 2.24) is 4.90 Å². The van der Waals surface area contributed by atoms with E-state index in [2.05, 4.69) is 41.8 Å². The molecule has 1 nitrogen and oxygen atoms in total. The molecule has 0 spiro atoms. The third kappa shape index (κ3) is 22.9. The summed E-state index contributed by atoms with van der Waals surface area (Å²) in [5.74, 6) is 0. The van der Waals surface area contributed by atoms with Gasteiger partial charge in [-0.1, -0.05) is 145 Å². The summed E-state index contributed by atoms with van der Waals surface area (Å²) in [6.07, 6.45) is 31.9. The van der Waals surface area contributed by atoms with Crippen LogP contribution in [-0.2, 0) is 0 Å². The van der Waals surface area contributed by atoms with Crippen molar-refractivity contribution in [3.05, 3.63) is 0 Å². The van der Waals surface area contributed by atoms with Crippen LogP contribution in [0.5, 0.6) is 0 Å². The van der Waals surface area contributed by atoms with Crippen LogP contribution in [0.3, 0.4) is 0 Å². The molecule has 0 saturated carbocycles. The first-order valence-corrected chi connectivity index (χ1v) is 14.6. The summed E-state index contributed by atoms with van der Waals surface area (Å²) in [5.41, 5.74) is 0. The molecule has 1 atom stereocenters. The fraction of sp³-hybridized carbons (Fsp3) is 1.00. The van der Waals surface area contributed by atoms with Crippen LogP contribution in [-0.4, -0.2) is 30.4 Å². The van der Waals surface area contributed by atoms with E-state index in [4.69, 9.17) is 0 Å². The summed E-state index contributed by atoms with van der Waals surface area (Å²) in [6, 6.07) is 0.790. The van der Waals surface area contributed by atoms with Crippen molar-refractivity contribution in [3.8, 4) is 0 Å². The predicted molar refractivity (Wildman–Crippen MR) is 139 cm³/mol. The number of nitrogens with zero attached hydrogens (tertiary/aromatic N) is 1. The Morgan fingerprint density at radius 1 is 0.483 bits per heavy atom. The lowest BCUT2D eigenvalue weighted by Crippen LogP contribution is -2.27. The largest absolute Gasteiger partial charge is 0.306 e. The van der Waals surface area contributed by atoms with Gasteiger partial charge < -0.3 is 4.90 Å². The average molecular weight is 475 g/mol. The zero-order valence-electron chi connectivity index (χ0n) is 20.7. The van der Waals surface area contributed by atoms with Crippen molar-refractivity contribution in [3.63, 3.8) is 0 Å². The Morgan fingerprint density at radius 2 is 0.793 bits per heavy atom. The van der Waals surface area contributed by atoms with E-state index in [0.29, 0.717) is 0 Å². The van der Waals surface area contributed by atoms with Gasteiger partial charge in [-0.05, 0) is 33.4 Å². The zero-order chi connectivity index (χ0) is 21.4. The molecule has 0 radical (unpaired) electrons. The van der Waals surface area contributed by atoms with Gasteiger partial charge in [-0.15, -0.1) is 0 Å². The predicted octanol–water partition coefficient (Wildman–Crippen LogP) is 9.91. The maximum absolute atomic E-state index is 3.57. The van der Waals surface area contributed by atoms with E-state index >= 15 is 0 Å². The van der Waals surface area contributed by atoms with Gasteiger partial charge in [0.15, 0.2) is 0 Å². The van der Waals surface area contributed by atoms with Crippen molar-refractivity contribution in [1.29, 1.82) is 0 Å². The summed E-state index contributed by atoms with van der Waals surface area (Å²) >= 11 is 3.57. The molecule has 29 heavy (non-hydrogen) atoms. The zero-order valence-corrected chi connectivity index (χ0v) is 22.3. The van der Waals surface area contributed by atoms with Gasteiger partial charge in [0.05, 0.1) is 0 Å². The maximum Gasteiger partial charge on any atom is 0.00894 e. The van der Waals surface area contributed by atoms with Crippen molar-refractivity contribution >= 4 is 15.9 Å². The van der Waals surface area contributed by atoms with Gasteiger partial charge in [0.25, 0.3) is 0 Å². The highest BCUT2D eigenvalue weighted by molar-refractivity contribution is 9.09. The fourth-order valence-corrected chi connectivity index (χ4v) is 4.76. The Labute approximate surface area is 194 Å². The van der Waals surface area contributed by atoms with Gasteiger partial charge in [-0.25, -0.2) is 0 Å². The van der Waals surface area contributed by atoms with E-state index in [1.165, 1.54) is 141 Å². The van der Waals surface area contributed by atoms with E-state index < -0.39 is 0 Å². The first-order chi connectivity index (χ1) is 14.2. The molecule has 0 amide bonds. The second-order valence-electron chi connectivity index (χ2n) is 9.60. The lowest BCUT2D eigenvalue weighted by Gasteiger charge is -2.24. The molecule has 0 fully saturated rings. The van der Waals surface area contributed by atoms with Crippen LogP contribution in [0.1, 0.15) is 148 Å². The highest BCUT2D eigenvalue weighted by Gasteiger charge is 2.09. The highest BCUT2D eigenvalue weighted by Crippen LogP contribution is 2.17. The average Bonchev–Trinajstić information content (AvgIpc) is 2.71. The molecule has 0 aliphatic rings. The minimum absolute atomic E-state index is 0.790. The third-order valence-electron chi connectivity index (χ3n) is 6.54. The van der Waals surface area contributed by atoms with E-state index in [1.54, 1.807) is 0 Å². The quantitative estimate of drug-likeness (QED) is 0.0993. The molecule has 0 aliphatic carbocycles. The monoisotopic (exact) mass is 473 g/mol. The van der Waals surface area contributed by atoms with Crippen LogP contribution in [0.15, 0.2) is 0 Å². The topological polar surface area (TPSA) is 3.24 Å². The molecule has 2 heteroatoms. The molecule has 0 heterocycles. The molecule has 0 N–H and O–H groups in total. The lowest BCUT2D eigenvalue weighted by atomic mass is 10.0. The molecule has 0 aromatic heterocycles. The minimum atomic E-state index is 0.790. The number of halogens is 1. The summed E-state index contributed by atoms with van der Waals surface area (Å²) in [4.78, 5) is 2.43. The van der Waals surface area contributed by atoms with Gasteiger partial charge >= 0.3 is 0 Å². The van der Waals surface area contributed by atoms with E-state index in [1.807, 2.05) is 0 Å². The molecule has 0 rings (SSSR count). The standard InChI is InChI=1S/C27H56BrN/c1-4-5-6-7-8-9-10-11-12-13-14-15-16-17-18-19-20-21-22-24-27(29(2)3)25-23-26-28/h27H,4-26H2,1-3H3. The van der Waals surface area contributed by atoms with E-state index in [0.717, 1.165) is 11.4 Å². The first-order valence-electron chi connectivity index (χ1n) is 13.4. The van der Waals surface area contributed by atoms with Gasteiger partial charge in [0, 0.05) is 11.4 Å². The van der Waals surface area contributed by atoms with Crippen LogP contribution in [0.2, 0.25) is 0 Å². The summed E-state index contributed by atoms with van der Waals surface area (Å²) in [7, 11) is 4.49. The molecule has 0 bridgehead atoms. The molecular formula is C27H56BrN. The fourth-order valence-electron chi connectivity index (χ4n) is 4.43. The van der Waals surface area contributed by atoms with Crippen molar-refractivity contribution in [2.45, 2.75) is 154 Å². The molecule has 1 unspecified atom stereocenters. The normalized spacial score (nSPS) is 12.7. The van der Waals surface area contributed by atoms with Gasteiger partial charge in [0.2, 0.25) is 0 Å². The van der Waals surface area contributed by atoms with E-state index in [-0.39, 0.29) is 0 Å². The third-order valence-corrected chi connectivity index (χ3v) is 7.10. The van der Waals surface area contributed by atoms with Crippen LogP contribution < -0.4 is 0 Å². The molecular weight excluding hydrogens is 418 g/mol. The van der Waals surface area contributed by atoms with E-state index in [9.17, 15) is 0 Å². The minimum Gasteiger partial charge on any atom is -0.306 e. The van der Waals surface area contributed by atoms with Crippen LogP contribution in [0.25, 0.3) is 0 Å². The Bertz CT molecular complexity index is 292. The SMILES string of the molecule is CCCCCCCCCCCCCCCCCCCCCC(CCCBr)N(C)C. The van der Waals surface area contributed by atoms with Crippen molar-refractivity contribution < 1.29 is 0 Å². The Kier molecular flexibility index (Phi) is 25.1. The highest BCUT2D eigenvalue weighted by atomic mass is 79.9. The number of hydrogen-bond acceptors (Lipinski definition) is 1. The summed E-state index contributed by atoms with van der Waals surface area (Å²) < 4.78 is 0. The first kappa shape index (κ1) is 29.4. The van der Waals surface area contributed by atoms with Gasteiger partial charge in [-0.3, -0.25) is 0 Å². The number of unbranched alkanes of at least 4 members (excludes halogenated alkanes) is 18. The molecule has 0 saturated heterocycles. The smallest absolute Gasteiger partial charge is 0.00894 e. The lowest BCUT2D eigenvalue weighted by molar-refractivity contribution is 0.256. The Balaban J connectivity index is 3.18. The summed E-state index contributed by atoms with van der Waals surface area (Å²) in [6.45, 7) is 2.30. The Morgan fingerprint density at radius 3 is 1.10 bits per heavy atom. The number of rotatable bonds is 24. The maximum atomic E-state index is 3.57.